The van der Waals surface area contributed by atoms with E-state index in [9.17, 15) is 50.0 Å². The van der Waals surface area contributed by atoms with E-state index in [-0.39, 0.29) is 19.5 Å². The van der Waals surface area contributed by atoms with Crippen molar-refractivity contribution in [3.63, 3.8) is 0 Å². The van der Waals surface area contributed by atoms with Crippen molar-refractivity contribution in [1.82, 2.24) is 5.32 Å². The zero-order valence-electron chi connectivity index (χ0n) is 26.9. The summed E-state index contributed by atoms with van der Waals surface area (Å²) < 4.78 is 48.7. The fourth-order valence-corrected chi connectivity index (χ4v) is 6.41. The molecule has 0 radical (unpaired) electrons. The van der Waals surface area contributed by atoms with Gasteiger partial charge in [-0.1, -0.05) is 0 Å². The van der Waals surface area contributed by atoms with Crippen LogP contribution >= 0.6 is 0 Å². The molecule has 4 aliphatic rings. The van der Waals surface area contributed by atoms with Gasteiger partial charge in [-0.05, 0) is 6.42 Å². The predicted molar refractivity (Wildman–Crippen MR) is 162 cm³/mol. The summed E-state index contributed by atoms with van der Waals surface area (Å²) in [6.07, 6.45) is -26.9. The molecule has 0 aromatic carbocycles. The van der Waals surface area contributed by atoms with Crippen LogP contribution in [0.25, 0.3) is 0 Å². The Morgan fingerprint density at radius 2 is 1.20 bits per heavy atom. The van der Waals surface area contributed by atoms with Crippen LogP contribution in [-0.2, 0) is 33.2 Å². The molecule has 0 aromatic heterocycles. The third-order valence-electron chi connectivity index (χ3n) is 9.49. The van der Waals surface area contributed by atoms with Crippen LogP contribution in [0.2, 0.25) is 0 Å². The average molecular weight is 734 g/mol. The Balaban J connectivity index is 1.58. The van der Waals surface area contributed by atoms with Crippen molar-refractivity contribution in [3.05, 3.63) is 0 Å². The highest BCUT2D eigenvalue weighted by molar-refractivity contribution is 5.81. The molecule has 23 heteroatoms. The lowest BCUT2D eigenvalue weighted by atomic mass is 9.83. The van der Waals surface area contributed by atoms with E-state index in [0.29, 0.717) is 0 Å². The van der Waals surface area contributed by atoms with Crippen LogP contribution in [0.3, 0.4) is 0 Å². The summed E-state index contributed by atoms with van der Waals surface area (Å²) in [5, 5.41) is 86.5. The van der Waals surface area contributed by atoms with Gasteiger partial charge in [0, 0.05) is 25.7 Å². The molecule has 292 valence electrons. The molecule has 1 saturated carbocycles. The third-order valence-corrected chi connectivity index (χ3v) is 9.49. The number of nitrogens with two attached hydrogens (primary N) is 6. The molecule has 1 aliphatic carbocycles. The summed E-state index contributed by atoms with van der Waals surface area (Å²) >= 11 is 0. The summed E-state index contributed by atoms with van der Waals surface area (Å²) in [6, 6.07) is -5.17. The van der Waals surface area contributed by atoms with Gasteiger partial charge in [-0.15, -0.1) is 0 Å². The zero-order valence-corrected chi connectivity index (χ0v) is 26.9. The number of rotatable bonds is 13. The molecule has 22 nitrogen and oxygen atoms in total. The van der Waals surface area contributed by atoms with Crippen LogP contribution in [0.1, 0.15) is 6.42 Å². The first-order valence-electron chi connectivity index (χ1n) is 16.2. The van der Waals surface area contributed by atoms with Crippen LogP contribution in [0, 0.1) is 0 Å². The Labute approximate surface area is 285 Å². The van der Waals surface area contributed by atoms with Crippen molar-refractivity contribution < 1.29 is 78.5 Å². The topological polar surface area (TPSA) is 402 Å². The summed E-state index contributed by atoms with van der Waals surface area (Å²) in [5.41, 5.74) is 35.0. The number of ether oxygens (including phenoxy) is 6. The van der Waals surface area contributed by atoms with Crippen molar-refractivity contribution in [3.8, 4) is 0 Å². The van der Waals surface area contributed by atoms with Crippen molar-refractivity contribution in [2.45, 2.75) is 135 Å². The van der Waals surface area contributed by atoms with Gasteiger partial charge in [0.2, 0.25) is 0 Å². The number of aliphatic hydroxyl groups excluding tert-OH is 8. The molecule has 21 atom stereocenters. The number of alkyl halides is 1. The van der Waals surface area contributed by atoms with Crippen molar-refractivity contribution in [2.75, 3.05) is 26.2 Å². The van der Waals surface area contributed by atoms with Gasteiger partial charge < -0.3 is 109 Å². The molecule has 0 bridgehead atoms. The van der Waals surface area contributed by atoms with Crippen molar-refractivity contribution in [2.24, 2.45) is 34.4 Å². The van der Waals surface area contributed by atoms with Gasteiger partial charge in [0.15, 0.2) is 25.0 Å². The van der Waals surface area contributed by atoms with E-state index in [2.05, 4.69) is 5.32 Å². The number of hydrogen-bond acceptors (Lipinski definition) is 21. The third kappa shape index (κ3) is 8.53. The SMILES string of the molecule is NC[C@@H]1O[C@H](O[C@H]2[C@@H](O)[C@H](O[C@@H]3[C@@H](O)[C@H](NC(=O)C(O)[C@@H](F)CN)C[C@H](N)[C@H]3O[C@H]3O[C@H](CN)[C@@H](O)[C@H](O)[C@H]3N)O[C@@H]2CO)[C@H](N)[C@@H](O)[C@@H]1O. The van der Waals surface area contributed by atoms with Crippen LogP contribution in [0.5, 0.6) is 0 Å². The average Bonchev–Trinajstić information content (AvgIpc) is 3.40. The second-order valence-electron chi connectivity index (χ2n) is 12.9. The maximum Gasteiger partial charge on any atom is 0.252 e. The van der Waals surface area contributed by atoms with E-state index < -0.39 is 148 Å². The quantitative estimate of drug-likeness (QED) is 0.0835. The summed E-state index contributed by atoms with van der Waals surface area (Å²) in [7, 11) is 0. The smallest absolute Gasteiger partial charge is 0.252 e. The Kier molecular flexibility index (Phi) is 14.6. The number of amides is 1. The zero-order chi connectivity index (χ0) is 37.2. The lowest BCUT2D eigenvalue weighted by molar-refractivity contribution is -0.307. The monoisotopic (exact) mass is 733 g/mol. The number of halogens is 1. The fraction of sp³-hybridized carbons (Fsp3) is 0.963. The van der Waals surface area contributed by atoms with Gasteiger partial charge in [-0.25, -0.2) is 4.39 Å². The lowest BCUT2D eigenvalue weighted by Gasteiger charge is -2.48. The number of aliphatic hydroxyl groups is 8. The standard InChI is InChI=1S/C27H52FN7O15/c28-6(2-29)14(37)24(44)35-8-1-7(32)21(48-25-12(33)18(41)16(39)9(3-30)45-25)23(15(8)38)50-27-20(43)22(11(5-36)47-27)49-26-13(34)19(42)17(40)10(4-31)46-26/h6-23,25-27,36-43H,1-5,29-34H2,(H,35,44)/t6-,7-,8+,9+,10-,11+,12+,13+,14?,15-,16+,17+,18+,19+,20+,21+,22+,23+,25+,26+,27-/m0/s1. The minimum absolute atomic E-state index is 0.228. The fourth-order valence-electron chi connectivity index (χ4n) is 6.41. The van der Waals surface area contributed by atoms with E-state index >= 15 is 0 Å². The number of nitrogens with one attached hydrogen (secondary N) is 1. The van der Waals surface area contributed by atoms with Gasteiger partial charge in [0.05, 0.1) is 24.7 Å². The highest BCUT2D eigenvalue weighted by Gasteiger charge is 2.55. The second kappa shape index (κ2) is 17.6. The summed E-state index contributed by atoms with van der Waals surface area (Å²) in [6.45, 7) is -1.91. The van der Waals surface area contributed by atoms with E-state index in [1.807, 2.05) is 0 Å². The summed E-state index contributed by atoms with van der Waals surface area (Å²) in [4.78, 5) is 12.6. The minimum Gasteiger partial charge on any atom is -0.394 e. The Hall–Kier alpha value is -1.40. The number of hydrogen-bond donors (Lipinski definition) is 15. The first-order valence-corrected chi connectivity index (χ1v) is 16.2. The lowest BCUT2D eigenvalue weighted by Crippen LogP contribution is -2.69. The highest BCUT2D eigenvalue weighted by Crippen LogP contribution is 2.34. The van der Waals surface area contributed by atoms with Crippen molar-refractivity contribution >= 4 is 5.91 Å². The molecule has 0 spiro atoms. The van der Waals surface area contributed by atoms with E-state index in [0.717, 1.165) is 0 Å². The molecule has 1 unspecified atom stereocenters. The Morgan fingerprint density at radius 3 is 1.68 bits per heavy atom. The summed E-state index contributed by atoms with van der Waals surface area (Å²) in [5.74, 6) is -1.23. The van der Waals surface area contributed by atoms with Crippen LogP contribution in [0.15, 0.2) is 0 Å². The number of carbonyl (C=O) groups excluding carboxylic acids is 1. The van der Waals surface area contributed by atoms with E-state index in [1.165, 1.54) is 0 Å². The molecule has 4 rings (SSSR count). The molecule has 3 saturated heterocycles. The molecular weight excluding hydrogens is 681 g/mol. The molecular formula is C27H52FN7O15. The largest absolute Gasteiger partial charge is 0.394 e. The molecule has 50 heavy (non-hydrogen) atoms. The minimum atomic E-state index is -2.19. The van der Waals surface area contributed by atoms with Crippen molar-refractivity contribution in [1.29, 1.82) is 0 Å². The van der Waals surface area contributed by atoms with Crippen LogP contribution in [0.4, 0.5) is 4.39 Å². The van der Waals surface area contributed by atoms with Gasteiger partial charge in [0.25, 0.3) is 5.91 Å². The van der Waals surface area contributed by atoms with E-state index in [4.69, 9.17) is 62.8 Å². The molecule has 3 aliphatic heterocycles. The Morgan fingerprint density at radius 1 is 0.720 bits per heavy atom. The normalized spacial score (nSPS) is 48.3. The Bertz CT molecular complexity index is 1090. The second-order valence-corrected chi connectivity index (χ2v) is 12.9. The first-order chi connectivity index (χ1) is 23.6. The predicted octanol–water partition coefficient (Wildman–Crippen LogP) is -10.1. The van der Waals surface area contributed by atoms with E-state index in [1.54, 1.807) is 0 Å². The van der Waals surface area contributed by atoms with Gasteiger partial charge >= 0.3 is 0 Å². The molecule has 4 fully saturated rings. The van der Waals surface area contributed by atoms with Gasteiger partial charge in [-0.3, -0.25) is 4.79 Å². The van der Waals surface area contributed by atoms with Gasteiger partial charge in [-0.2, -0.15) is 0 Å². The van der Waals surface area contributed by atoms with Crippen LogP contribution in [-0.4, -0.2) is 202 Å². The molecule has 21 N–H and O–H groups in total. The van der Waals surface area contributed by atoms with Crippen LogP contribution < -0.4 is 39.7 Å². The highest BCUT2D eigenvalue weighted by atomic mass is 19.1. The van der Waals surface area contributed by atoms with Gasteiger partial charge in [0.1, 0.15) is 79.4 Å². The maximum atomic E-state index is 14.0. The molecule has 3 heterocycles. The first kappa shape index (κ1) is 41.4. The number of carbonyl (C=O) groups is 1. The molecule has 1 amide bonds. The molecule has 0 aromatic rings. The maximum absolute atomic E-state index is 14.0.